The average Bonchev–Trinajstić information content (AvgIpc) is 2.04. The van der Waals surface area contributed by atoms with Gasteiger partial charge >= 0.3 is 5.97 Å². The minimum absolute atomic E-state index is 0.0926. The molecule has 0 atom stereocenters. The number of carbonyl (C=O) groups is 1. The van der Waals surface area contributed by atoms with Crippen LogP contribution in [0, 0.1) is 9.52 Å². The Labute approximate surface area is 88.4 Å². The Balaban J connectivity index is 3.05. The maximum atomic E-state index is 13.1. The highest BCUT2D eigenvalue weighted by molar-refractivity contribution is 14.1. The van der Waals surface area contributed by atoms with Crippen LogP contribution in [-0.4, -0.2) is 17.6 Å². The summed E-state index contributed by atoms with van der Waals surface area (Å²) in [7, 11) is 0. The highest BCUT2D eigenvalue weighted by Crippen LogP contribution is 2.14. The molecule has 0 aliphatic heterocycles. The summed E-state index contributed by atoms with van der Waals surface area (Å²) in [5.41, 5.74) is -0.0926. The molecule has 0 aliphatic carbocycles. The van der Waals surface area contributed by atoms with Crippen molar-refractivity contribution in [2.75, 3.05) is 6.61 Å². The third-order valence-corrected chi connectivity index (χ3v) is 2.15. The summed E-state index contributed by atoms with van der Waals surface area (Å²) in [5, 5.41) is 0. The molecule has 1 aromatic rings. The van der Waals surface area contributed by atoms with Crippen molar-refractivity contribution >= 4 is 28.6 Å². The number of nitrogens with zero attached hydrogens (tertiary/aromatic N) is 1. The molecule has 5 heteroatoms. The lowest BCUT2D eigenvalue weighted by molar-refractivity contribution is 0.0519. The second kappa shape index (κ2) is 4.50. The topological polar surface area (TPSA) is 39.2 Å². The Morgan fingerprint density at radius 3 is 3.00 bits per heavy atom. The van der Waals surface area contributed by atoms with Crippen LogP contribution >= 0.6 is 22.6 Å². The van der Waals surface area contributed by atoms with Gasteiger partial charge in [0.25, 0.3) is 0 Å². The molecule has 1 heterocycles. The number of hydrogen-bond acceptors (Lipinski definition) is 3. The Kier molecular flexibility index (Phi) is 3.58. The third-order valence-electron chi connectivity index (χ3n) is 1.33. The highest BCUT2D eigenvalue weighted by Gasteiger charge is 2.16. The second-order valence-corrected chi connectivity index (χ2v) is 3.20. The Morgan fingerprint density at radius 2 is 2.46 bits per heavy atom. The zero-order chi connectivity index (χ0) is 9.84. The predicted octanol–water partition coefficient (Wildman–Crippen LogP) is 2.00. The van der Waals surface area contributed by atoms with Crippen LogP contribution in [0.1, 0.15) is 17.3 Å². The lowest BCUT2D eigenvalue weighted by Gasteiger charge is -2.03. The van der Waals surface area contributed by atoms with Gasteiger partial charge in [-0.1, -0.05) is 0 Å². The van der Waals surface area contributed by atoms with E-state index in [0.29, 0.717) is 3.70 Å². The van der Waals surface area contributed by atoms with Gasteiger partial charge in [-0.3, -0.25) is 0 Å². The predicted molar refractivity (Wildman–Crippen MR) is 52.9 cm³/mol. The number of rotatable bonds is 2. The first-order valence-electron chi connectivity index (χ1n) is 3.64. The third kappa shape index (κ3) is 2.36. The summed E-state index contributed by atoms with van der Waals surface area (Å²) in [4.78, 5) is 15.0. The second-order valence-electron chi connectivity index (χ2n) is 2.18. The van der Waals surface area contributed by atoms with Crippen LogP contribution in [0.15, 0.2) is 12.3 Å². The van der Waals surface area contributed by atoms with E-state index < -0.39 is 11.8 Å². The quantitative estimate of drug-likeness (QED) is 0.476. The van der Waals surface area contributed by atoms with E-state index in [-0.39, 0.29) is 12.2 Å². The number of hydrogen-bond donors (Lipinski definition) is 0. The molecular weight excluding hydrogens is 288 g/mol. The first-order valence-corrected chi connectivity index (χ1v) is 4.71. The molecule has 3 nitrogen and oxygen atoms in total. The van der Waals surface area contributed by atoms with Crippen LogP contribution in [0.3, 0.4) is 0 Å². The SMILES string of the molecule is CCOC(=O)c1c(F)ccnc1I. The van der Waals surface area contributed by atoms with Crippen molar-refractivity contribution in [3.63, 3.8) is 0 Å². The molecule has 0 unspecified atom stereocenters. The van der Waals surface area contributed by atoms with Crippen molar-refractivity contribution in [1.29, 1.82) is 0 Å². The maximum Gasteiger partial charge on any atom is 0.343 e. The van der Waals surface area contributed by atoms with Gasteiger partial charge in [-0.2, -0.15) is 0 Å². The minimum Gasteiger partial charge on any atom is -0.462 e. The van der Waals surface area contributed by atoms with E-state index in [1.165, 1.54) is 6.20 Å². The minimum atomic E-state index is -0.669. The maximum absolute atomic E-state index is 13.1. The van der Waals surface area contributed by atoms with Gasteiger partial charge in [0.1, 0.15) is 15.1 Å². The van der Waals surface area contributed by atoms with E-state index in [1.807, 2.05) is 0 Å². The molecule has 1 aromatic heterocycles. The molecule has 0 fully saturated rings. The number of halogens is 2. The standard InChI is InChI=1S/C8H7FINO2/c1-2-13-8(12)6-5(9)3-4-11-7(6)10/h3-4H,2H2,1H3. The number of aromatic nitrogens is 1. The number of esters is 1. The molecule has 0 saturated heterocycles. The van der Waals surface area contributed by atoms with E-state index in [1.54, 1.807) is 29.5 Å². The largest absolute Gasteiger partial charge is 0.462 e. The number of pyridine rings is 1. The van der Waals surface area contributed by atoms with E-state index >= 15 is 0 Å². The van der Waals surface area contributed by atoms with Gasteiger partial charge in [0.05, 0.1) is 6.61 Å². The molecule has 70 valence electrons. The molecule has 0 aromatic carbocycles. The van der Waals surface area contributed by atoms with Crippen LogP contribution < -0.4 is 0 Å². The lowest BCUT2D eigenvalue weighted by atomic mass is 10.3. The fourth-order valence-corrected chi connectivity index (χ4v) is 1.44. The molecule has 1 rings (SSSR count). The van der Waals surface area contributed by atoms with Gasteiger partial charge in [-0.05, 0) is 35.6 Å². The summed E-state index contributed by atoms with van der Waals surface area (Å²) in [6.07, 6.45) is 1.31. The molecule has 0 amide bonds. The smallest absolute Gasteiger partial charge is 0.343 e. The van der Waals surface area contributed by atoms with Gasteiger partial charge in [0.15, 0.2) is 0 Å². The van der Waals surface area contributed by atoms with Crippen molar-refractivity contribution in [2.24, 2.45) is 0 Å². The molecule has 0 spiro atoms. The molecule has 0 saturated carbocycles. The monoisotopic (exact) mass is 295 g/mol. The number of ether oxygens (including phenoxy) is 1. The lowest BCUT2D eigenvalue weighted by Crippen LogP contribution is -2.10. The van der Waals surface area contributed by atoms with E-state index in [9.17, 15) is 9.18 Å². The summed E-state index contributed by atoms with van der Waals surface area (Å²) in [6.45, 7) is 1.89. The molecule has 13 heavy (non-hydrogen) atoms. The Hall–Kier alpha value is -0.720. The fourth-order valence-electron chi connectivity index (χ4n) is 0.800. The number of carbonyl (C=O) groups excluding carboxylic acids is 1. The van der Waals surface area contributed by atoms with Crippen molar-refractivity contribution in [3.05, 3.63) is 27.3 Å². The first-order chi connectivity index (χ1) is 6.16. The molecule has 0 N–H and O–H groups in total. The van der Waals surface area contributed by atoms with E-state index in [0.717, 1.165) is 6.07 Å². The summed E-state index contributed by atoms with van der Waals surface area (Å²) in [5.74, 6) is -1.27. The van der Waals surface area contributed by atoms with Crippen molar-refractivity contribution < 1.29 is 13.9 Å². The van der Waals surface area contributed by atoms with Crippen LogP contribution in [-0.2, 0) is 4.74 Å². The van der Waals surface area contributed by atoms with Crippen molar-refractivity contribution in [3.8, 4) is 0 Å². The van der Waals surface area contributed by atoms with E-state index in [2.05, 4.69) is 9.72 Å². The molecule has 0 radical (unpaired) electrons. The fraction of sp³-hybridized carbons (Fsp3) is 0.250. The van der Waals surface area contributed by atoms with Crippen LogP contribution in [0.5, 0.6) is 0 Å². The first kappa shape index (κ1) is 10.4. The average molecular weight is 295 g/mol. The van der Waals surface area contributed by atoms with Crippen LogP contribution in [0.25, 0.3) is 0 Å². The zero-order valence-corrected chi connectivity index (χ0v) is 9.04. The van der Waals surface area contributed by atoms with Gasteiger partial charge in [-0.15, -0.1) is 0 Å². The zero-order valence-electron chi connectivity index (χ0n) is 6.88. The van der Waals surface area contributed by atoms with Gasteiger partial charge in [-0.25, -0.2) is 14.2 Å². The Bertz CT molecular complexity index is 310. The van der Waals surface area contributed by atoms with E-state index in [4.69, 9.17) is 0 Å². The van der Waals surface area contributed by atoms with Crippen LogP contribution in [0.2, 0.25) is 0 Å². The van der Waals surface area contributed by atoms with Crippen molar-refractivity contribution in [2.45, 2.75) is 6.92 Å². The van der Waals surface area contributed by atoms with Gasteiger partial charge in [0.2, 0.25) is 0 Å². The molecule has 0 aliphatic rings. The van der Waals surface area contributed by atoms with Gasteiger partial charge in [0, 0.05) is 6.20 Å². The van der Waals surface area contributed by atoms with Crippen LogP contribution in [0.4, 0.5) is 4.39 Å². The van der Waals surface area contributed by atoms with Gasteiger partial charge < -0.3 is 4.74 Å². The summed E-state index contributed by atoms with van der Waals surface area (Å²) < 4.78 is 18.1. The summed E-state index contributed by atoms with van der Waals surface area (Å²) in [6, 6.07) is 1.13. The van der Waals surface area contributed by atoms with Crippen molar-refractivity contribution in [1.82, 2.24) is 4.98 Å². The normalized spacial score (nSPS) is 9.77. The molecular formula is C8H7FINO2. The molecule has 0 bridgehead atoms. The summed E-state index contributed by atoms with van der Waals surface area (Å²) >= 11 is 1.79. The highest BCUT2D eigenvalue weighted by atomic mass is 127. The Morgan fingerprint density at radius 1 is 1.77 bits per heavy atom.